The van der Waals surface area contributed by atoms with E-state index in [1.807, 2.05) is 32.9 Å². The topological polar surface area (TPSA) is 96.0 Å². The highest BCUT2D eigenvalue weighted by Gasteiger charge is 2.75. The van der Waals surface area contributed by atoms with Crippen LogP contribution < -0.4 is 10.2 Å². The first-order chi connectivity index (χ1) is 16.7. The molecule has 0 unspecified atom stereocenters. The third-order valence-corrected chi connectivity index (χ3v) is 9.85. The Hall–Kier alpha value is -3.04. The Morgan fingerprint density at radius 3 is 2.57 bits per heavy atom. The van der Waals surface area contributed by atoms with Crippen molar-refractivity contribution in [2.45, 2.75) is 52.1 Å². The van der Waals surface area contributed by atoms with E-state index in [2.05, 4.69) is 10.2 Å². The first-order valence-corrected chi connectivity index (χ1v) is 12.7. The van der Waals surface area contributed by atoms with Crippen LogP contribution in [0.15, 0.2) is 12.1 Å². The van der Waals surface area contributed by atoms with Crippen LogP contribution in [0, 0.1) is 39.5 Å². The first-order valence-electron chi connectivity index (χ1n) is 11.9. The lowest BCUT2D eigenvalue weighted by Gasteiger charge is -2.36. The molecule has 6 rings (SSSR count). The van der Waals surface area contributed by atoms with E-state index in [1.165, 1.54) is 23.3 Å². The molecule has 2 aromatic rings. The van der Waals surface area contributed by atoms with Gasteiger partial charge in [0.15, 0.2) is 0 Å². The molecule has 3 amide bonds. The minimum atomic E-state index is -1.23. The van der Waals surface area contributed by atoms with E-state index < -0.39 is 29.3 Å². The lowest BCUT2D eigenvalue weighted by molar-refractivity contribution is -0.135. The zero-order valence-corrected chi connectivity index (χ0v) is 21.2. The predicted octanol–water partition coefficient (Wildman–Crippen LogP) is 3.20. The molecule has 4 aliphatic heterocycles. The Bertz CT molecular complexity index is 1360. The van der Waals surface area contributed by atoms with Gasteiger partial charge < -0.3 is 10.1 Å². The number of aryl methyl sites for hydroxylation is 2. The number of hydrogen-bond acceptors (Lipinski definition) is 7. The molecule has 3 saturated heterocycles. The van der Waals surface area contributed by atoms with Gasteiger partial charge in [0.25, 0.3) is 0 Å². The molecule has 0 bridgehead atoms. The molecule has 182 valence electrons. The fourth-order valence-corrected chi connectivity index (χ4v) is 7.98. The Kier molecular flexibility index (Phi) is 4.64. The molecule has 35 heavy (non-hydrogen) atoms. The van der Waals surface area contributed by atoms with Crippen molar-refractivity contribution in [2.24, 2.45) is 11.8 Å². The fourth-order valence-electron chi connectivity index (χ4n) is 6.83. The average molecular weight is 494 g/mol. The summed E-state index contributed by atoms with van der Waals surface area (Å²) in [4.78, 5) is 58.9. The van der Waals surface area contributed by atoms with Gasteiger partial charge in [-0.15, -0.1) is 11.3 Å². The maximum Gasteiger partial charge on any atom is 0.341 e. The number of hydrogen-bond donors (Lipinski definition) is 1. The van der Waals surface area contributed by atoms with E-state index in [4.69, 9.17) is 4.74 Å². The molecule has 1 spiro atoms. The molecule has 0 saturated carbocycles. The van der Waals surface area contributed by atoms with Crippen LogP contribution in [0.3, 0.4) is 0 Å². The van der Waals surface area contributed by atoms with Crippen LogP contribution in [0.5, 0.6) is 0 Å². The summed E-state index contributed by atoms with van der Waals surface area (Å²) >= 11 is 1.24. The summed E-state index contributed by atoms with van der Waals surface area (Å²) in [7, 11) is 1.29. The van der Waals surface area contributed by atoms with Crippen molar-refractivity contribution in [3.05, 3.63) is 44.8 Å². The quantitative estimate of drug-likeness (QED) is 0.510. The Labute approximate surface area is 207 Å². The van der Waals surface area contributed by atoms with Crippen molar-refractivity contribution in [3.8, 4) is 0 Å². The predicted molar refractivity (Wildman–Crippen MR) is 131 cm³/mol. The van der Waals surface area contributed by atoms with Crippen LogP contribution in [0.2, 0.25) is 0 Å². The van der Waals surface area contributed by atoms with E-state index in [9.17, 15) is 19.2 Å². The molecule has 8 nitrogen and oxygen atoms in total. The molecule has 1 aromatic heterocycles. The zero-order chi connectivity index (χ0) is 25.0. The highest BCUT2D eigenvalue weighted by Crippen LogP contribution is 2.61. The first kappa shape index (κ1) is 22.4. The van der Waals surface area contributed by atoms with Crippen LogP contribution in [-0.2, 0) is 24.7 Å². The number of benzene rings is 1. The highest BCUT2D eigenvalue weighted by atomic mass is 32.1. The summed E-state index contributed by atoms with van der Waals surface area (Å²) in [5, 5.41) is 3.37. The van der Waals surface area contributed by atoms with Gasteiger partial charge in [0.05, 0.1) is 24.5 Å². The number of nitrogens with zero attached hydrogens (tertiary/aromatic N) is 2. The maximum absolute atomic E-state index is 14.2. The molecule has 4 atom stereocenters. The standard InChI is InChI=1S/C26H27N3O5S/c1-11-8-9-15-20(12(11)2)27-25(33)26(15)19-18(16-7-6-10-28(16)26)21(30)29(22(19)31)23-17(24(32)34-5)13(3)14(4)35-23/h8-9,16,18-19H,6-7,10H2,1-5H3,(H,27,33)/t16-,18+,19-,26+/m0/s1. The number of nitrogens with one attached hydrogen (secondary N) is 1. The number of thiophene rings is 1. The van der Waals surface area contributed by atoms with Gasteiger partial charge in [-0.2, -0.15) is 0 Å². The SMILES string of the molecule is COC(=O)c1c(N2C(=O)[C@H]3[C@@H](C2=O)[C@]2(C(=O)Nc4c2ccc(C)c4C)N2CCC[C@@H]32)sc(C)c1C. The Balaban J connectivity index is 1.57. The number of amides is 3. The van der Waals surface area contributed by atoms with Crippen molar-refractivity contribution in [2.75, 3.05) is 23.9 Å². The molecular formula is C26H27N3O5S. The molecule has 0 radical (unpaired) electrons. The van der Waals surface area contributed by atoms with Crippen LogP contribution in [0.1, 0.15) is 50.3 Å². The third kappa shape index (κ3) is 2.50. The van der Waals surface area contributed by atoms with E-state index in [-0.39, 0.29) is 23.4 Å². The lowest BCUT2D eigenvalue weighted by atomic mass is 9.75. The van der Waals surface area contributed by atoms with Gasteiger partial charge in [0.2, 0.25) is 17.7 Å². The van der Waals surface area contributed by atoms with E-state index in [1.54, 1.807) is 6.92 Å². The minimum Gasteiger partial charge on any atom is -0.465 e. The number of imide groups is 1. The van der Waals surface area contributed by atoms with Gasteiger partial charge in [-0.3, -0.25) is 19.3 Å². The van der Waals surface area contributed by atoms with Crippen LogP contribution in [0.25, 0.3) is 0 Å². The van der Waals surface area contributed by atoms with Crippen molar-refractivity contribution in [1.29, 1.82) is 0 Å². The van der Waals surface area contributed by atoms with Crippen molar-refractivity contribution >= 4 is 45.7 Å². The molecular weight excluding hydrogens is 466 g/mol. The number of esters is 1. The van der Waals surface area contributed by atoms with E-state index >= 15 is 0 Å². The second kappa shape index (κ2) is 7.24. The van der Waals surface area contributed by atoms with Gasteiger partial charge in [0, 0.05) is 22.2 Å². The number of ether oxygens (including phenoxy) is 1. The van der Waals surface area contributed by atoms with Gasteiger partial charge in [-0.25, -0.2) is 9.69 Å². The second-order valence-electron chi connectivity index (χ2n) is 10.0. The smallest absolute Gasteiger partial charge is 0.341 e. The summed E-state index contributed by atoms with van der Waals surface area (Å²) in [5.41, 5.74) is 3.26. The van der Waals surface area contributed by atoms with Gasteiger partial charge in [-0.1, -0.05) is 12.1 Å². The normalized spacial score (nSPS) is 29.1. The average Bonchev–Trinajstić information content (AvgIpc) is 3.58. The van der Waals surface area contributed by atoms with Gasteiger partial charge in [0.1, 0.15) is 10.5 Å². The largest absolute Gasteiger partial charge is 0.465 e. The minimum absolute atomic E-state index is 0.205. The Morgan fingerprint density at radius 2 is 1.86 bits per heavy atom. The summed E-state index contributed by atoms with van der Waals surface area (Å²) in [6, 6.07) is 3.71. The monoisotopic (exact) mass is 493 g/mol. The number of rotatable bonds is 2. The summed E-state index contributed by atoms with van der Waals surface area (Å²) < 4.78 is 4.99. The number of carbonyl (C=O) groups excluding carboxylic acids is 4. The number of carbonyl (C=O) groups is 4. The molecule has 1 aromatic carbocycles. The van der Waals surface area contributed by atoms with Crippen LogP contribution >= 0.6 is 11.3 Å². The molecule has 0 aliphatic carbocycles. The number of anilines is 2. The lowest BCUT2D eigenvalue weighted by Crippen LogP contribution is -2.54. The third-order valence-electron chi connectivity index (χ3n) is 8.66. The molecule has 3 fully saturated rings. The van der Waals surface area contributed by atoms with Crippen molar-refractivity contribution < 1.29 is 23.9 Å². The van der Waals surface area contributed by atoms with E-state index in [0.29, 0.717) is 17.1 Å². The molecule has 1 N–H and O–H groups in total. The van der Waals surface area contributed by atoms with Crippen LogP contribution in [-0.4, -0.2) is 48.3 Å². The van der Waals surface area contributed by atoms with Gasteiger partial charge >= 0.3 is 5.97 Å². The maximum atomic E-state index is 14.2. The number of fused-ring (bicyclic) bond motifs is 7. The summed E-state index contributed by atoms with van der Waals surface area (Å²) in [5.74, 6) is -3.05. The fraction of sp³-hybridized carbons (Fsp3) is 0.462. The summed E-state index contributed by atoms with van der Waals surface area (Å²) in [6.07, 6.45) is 1.60. The van der Waals surface area contributed by atoms with Gasteiger partial charge in [-0.05, 0) is 63.8 Å². The van der Waals surface area contributed by atoms with E-state index in [0.717, 1.165) is 40.1 Å². The number of methoxy groups -OCH3 is 1. The zero-order valence-electron chi connectivity index (χ0n) is 20.4. The molecule has 5 heterocycles. The molecule has 4 aliphatic rings. The Morgan fingerprint density at radius 1 is 1.11 bits per heavy atom. The van der Waals surface area contributed by atoms with Crippen LogP contribution in [0.4, 0.5) is 10.7 Å². The van der Waals surface area contributed by atoms with Crippen molar-refractivity contribution in [3.63, 3.8) is 0 Å². The highest BCUT2D eigenvalue weighted by molar-refractivity contribution is 7.17. The molecule has 9 heteroatoms. The summed E-state index contributed by atoms with van der Waals surface area (Å²) in [6.45, 7) is 8.26. The second-order valence-corrected chi connectivity index (χ2v) is 11.2. The van der Waals surface area contributed by atoms with Crippen molar-refractivity contribution in [1.82, 2.24) is 4.90 Å².